The summed E-state index contributed by atoms with van der Waals surface area (Å²) in [5.74, 6) is 1.75. The lowest BCUT2D eigenvalue weighted by Gasteiger charge is -2.27. The van der Waals surface area contributed by atoms with Gasteiger partial charge < -0.3 is 15.0 Å². The summed E-state index contributed by atoms with van der Waals surface area (Å²) in [6.07, 6.45) is 2.79. The van der Waals surface area contributed by atoms with Gasteiger partial charge in [-0.3, -0.25) is 0 Å². The fourth-order valence-corrected chi connectivity index (χ4v) is 3.24. The summed E-state index contributed by atoms with van der Waals surface area (Å²) >= 11 is 1.63. The second-order valence-corrected chi connectivity index (χ2v) is 5.71. The van der Waals surface area contributed by atoms with Crippen molar-refractivity contribution in [2.24, 2.45) is 0 Å². The molecule has 4 rings (SSSR count). The smallest absolute Gasteiger partial charge is 0.228 e. The summed E-state index contributed by atoms with van der Waals surface area (Å²) in [7, 11) is 0. The summed E-state index contributed by atoms with van der Waals surface area (Å²) in [6, 6.07) is 0. The van der Waals surface area contributed by atoms with Gasteiger partial charge in [-0.05, 0) is 6.42 Å². The van der Waals surface area contributed by atoms with Gasteiger partial charge in [0.15, 0.2) is 0 Å². The Morgan fingerprint density at radius 2 is 2.15 bits per heavy atom. The molecule has 0 aliphatic carbocycles. The molecule has 1 fully saturated rings. The van der Waals surface area contributed by atoms with Gasteiger partial charge in [-0.1, -0.05) is 0 Å². The number of hydrogen-bond donors (Lipinski definition) is 1. The van der Waals surface area contributed by atoms with E-state index in [9.17, 15) is 0 Å². The van der Waals surface area contributed by atoms with Crippen molar-refractivity contribution < 1.29 is 4.74 Å². The fourth-order valence-electron chi connectivity index (χ4n) is 2.58. The molecule has 0 spiro atoms. The van der Waals surface area contributed by atoms with Gasteiger partial charge in [0, 0.05) is 36.8 Å². The molecule has 7 heteroatoms. The van der Waals surface area contributed by atoms with Crippen molar-refractivity contribution in [2.45, 2.75) is 6.42 Å². The normalized spacial score (nSPS) is 17.9. The van der Waals surface area contributed by atoms with Crippen LogP contribution in [0.25, 0.3) is 10.7 Å². The highest BCUT2D eigenvalue weighted by Gasteiger charge is 2.24. The van der Waals surface area contributed by atoms with Crippen LogP contribution in [0.1, 0.15) is 5.56 Å². The molecule has 0 atom stereocenters. The van der Waals surface area contributed by atoms with Crippen molar-refractivity contribution in [1.82, 2.24) is 15.0 Å². The first kappa shape index (κ1) is 12.0. The largest absolute Gasteiger partial charge is 0.378 e. The lowest BCUT2D eigenvalue weighted by Crippen LogP contribution is -2.37. The van der Waals surface area contributed by atoms with E-state index in [0.29, 0.717) is 0 Å². The Labute approximate surface area is 120 Å². The molecule has 2 aliphatic heterocycles. The molecule has 1 saturated heterocycles. The molecule has 2 aliphatic rings. The molecular weight excluding hydrogens is 274 g/mol. The van der Waals surface area contributed by atoms with Crippen LogP contribution in [0.5, 0.6) is 0 Å². The van der Waals surface area contributed by atoms with Crippen LogP contribution in [-0.4, -0.2) is 47.8 Å². The van der Waals surface area contributed by atoms with Crippen molar-refractivity contribution in [2.75, 3.05) is 43.1 Å². The number of nitrogens with zero attached hydrogens (tertiary/aromatic N) is 4. The van der Waals surface area contributed by atoms with Crippen LogP contribution in [0, 0.1) is 0 Å². The first-order chi connectivity index (χ1) is 9.92. The number of aromatic nitrogens is 3. The van der Waals surface area contributed by atoms with E-state index in [1.807, 2.05) is 11.6 Å². The lowest BCUT2D eigenvalue weighted by molar-refractivity contribution is 0.122. The maximum Gasteiger partial charge on any atom is 0.228 e. The van der Waals surface area contributed by atoms with Gasteiger partial charge >= 0.3 is 0 Å². The van der Waals surface area contributed by atoms with Crippen molar-refractivity contribution in [3.05, 3.63) is 17.1 Å². The quantitative estimate of drug-likeness (QED) is 0.902. The molecule has 6 nitrogen and oxygen atoms in total. The first-order valence-corrected chi connectivity index (χ1v) is 7.67. The summed E-state index contributed by atoms with van der Waals surface area (Å²) in [5, 5.41) is 6.31. The maximum absolute atomic E-state index is 5.39. The predicted molar refractivity (Wildman–Crippen MR) is 78.4 cm³/mol. The topological polar surface area (TPSA) is 63.2 Å². The average Bonchev–Trinajstić information content (AvgIpc) is 3.18. The lowest BCUT2D eigenvalue weighted by atomic mass is 10.2. The molecule has 0 aromatic carbocycles. The molecular formula is C13H15N5OS. The maximum atomic E-state index is 5.39. The molecule has 104 valence electrons. The SMILES string of the molecule is c1csc(-c2nc(N3CCOCC3)nc3c2CCN3)n1. The molecule has 0 unspecified atom stereocenters. The summed E-state index contributed by atoms with van der Waals surface area (Å²) < 4.78 is 5.39. The number of rotatable bonds is 2. The molecule has 2 aromatic rings. The minimum atomic E-state index is 0.737. The Kier molecular flexibility index (Phi) is 3.00. The van der Waals surface area contributed by atoms with Crippen LogP contribution in [0.15, 0.2) is 11.6 Å². The summed E-state index contributed by atoms with van der Waals surface area (Å²) in [6.45, 7) is 4.09. The van der Waals surface area contributed by atoms with Crippen molar-refractivity contribution in [3.63, 3.8) is 0 Å². The molecule has 0 radical (unpaired) electrons. The van der Waals surface area contributed by atoms with E-state index in [2.05, 4.69) is 20.2 Å². The van der Waals surface area contributed by atoms with Crippen LogP contribution < -0.4 is 10.2 Å². The number of ether oxygens (including phenoxy) is 1. The number of anilines is 2. The van der Waals surface area contributed by atoms with E-state index in [1.54, 1.807) is 11.3 Å². The number of hydrogen-bond acceptors (Lipinski definition) is 7. The monoisotopic (exact) mass is 289 g/mol. The highest BCUT2D eigenvalue weighted by atomic mass is 32.1. The van der Waals surface area contributed by atoms with Gasteiger partial charge in [-0.2, -0.15) is 4.98 Å². The van der Waals surface area contributed by atoms with Gasteiger partial charge in [0.1, 0.15) is 16.5 Å². The molecule has 0 bridgehead atoms. The third-order valence-electron chi connectivity index (χ3n) is 3.59. The number of fused-ring (bicyclic) bond motifs is 1. The van der Waals surface area contributed by atoms with Crippen LogP contribution in [0.3, 0.4) is 0 Å². The Morgan fingerprint density at radius 1 is 1.25 bits per heavy atom. The predicted octanol–water partition coefficient (Wildman–Crippen LogP) is 1.40. The van der Waals surface area contributed by atoms with Gasteiger partial charge in [-0.15, -0.1) is 11.3 Å². The van der Waals surface area contributed by atoms with Crippen molar-refractivity contribution in [3.8, 4) is 10.7 Å². The number of thiazole rings is 1. The van der Waals surface area contributed by atoms with Gasteiger partial charge in [0.25, 0.3) is 0 Å². The second kappa shape index (κ2) is 4.99. The standard InChI is InChI=1S/C13H15N5OS/c1-2-14-11-9(1)10(12-15-3-8-20-12)16-13(17-11)18-4-6-19-7-5-18/h3,8H,1-2,4-7H2,(H,14,16,17). The Morgan fingerprint density at radius 3 is 2.95 bits per heavy atom. The van der Waals surface area contributed by atoms with E-state index < -0.39 is 0 Å². The average molecular weight is 289 g/mol. The number of morpholine rings is 1. The minimum Gasteiger partial charge on any atom is -0.378 e. The van der Waals surface area contributed by atoms with Gasteiger partial charge in [0.2, 0.25) is 5.95 Å². The Balaban J connectivity index is 1.79. The van der Waals surface area contributed by atoms with Crippen molar-refractivity contribution in [1.29, 1.82) is 0 Å². The number of nitrogens with one attached hydrogen (secondary N) is 1. The van der Waals surface area contributed by atoms with Gasteiger partial charge in [-0.25, -0.2) is 9.97 Å². The van der Waals surface area contributed by atoms with Gasteiger partial charge in [0.05, 0.1) is 13.2 Å². The fraction of sp³-hybridized carbons (Fsp3) is 0.462. The molecule has 0 saturated carbocycles. The Hall–Kier alpha value is -1.73. The van der Waals surface area contributed by atoms with Crippen LogP contribution in [0.2, 0.25) is 0 Å². The third kappa shape index (κ3) is 2.03. The highest BCUT2D eigenvalue weighted by molar-refractivity contribution is 7.13. The zero-order valence-electron chi connectivity index (χ0n) is 11.0. The first-order valence-electron chi connectivity index (χ1n) is 6.79. The van der Waals surface area contributed by atoms with Crippen molar-refractivity contribution >= 4 is 23.1 Å². The summed E-state index contributed by atoms with van der Waals surface area (Å²) in [4.78, 5) is 16.0. The van der Waals surface area contributed by atoms with Crippen LogP contribution in [-0.2, 0) is 11.2 Å². The third-order valence-corrected chi connectivity index (χ3v) is 4.37. The molecule has 1 N–H and O–H groups in total. The minimum absolute atomic E-state index is 0.737. The molecule has 20 heavy (non-hydrogen) atoms. The van der Waals surface area contributed by atoms with E-state index in [-0.39, 0.29) is 0 Å². The Bertz CT molecular complexity index is 609. The molecule has 0 amide bonds. The van der Waals surface area contributed by atoms with E-state index in [4.69, 9.17) is 9.72 Å². The van der Waals surface area contributed by atoms with E-state index in [1.165, 1.54) is 5.56 Å². The highest BCUT2D eigenvalue weighted by Crippen LogP contribution is 2.33. The zero-order chi connectivity index (χ0) is 13.4. The van der Waals surface area contributed by atoms with Crippen LogP contribution in [0.4, 0.5) is 11.8 Å². The zero-order valence-corrected chi connectivity index (χ0v) is 11.8. The molecule has 4 heterocycles. The summed E-state index contributed by atoms with van der Waals surface area (Å²) in [5.41, 5.74) is 2.17. The molecule has 2 aromatic heterocycles. The van der Waals surface area contributed by atoms with E-state index in [0.717, 1.165) is 61.7 Å². The van der Waals surface area contributed by atoms with Crippen LogP contribution >= 0.6 is 11.3 Å². The van der Waals surface area contributed by atoms with E-state index >= 15 is 0 Å². The second-order valence-electron chi connectivity index (χ2n) is 4.81.